The van der Waals surface area contributed by atoms with Gasteiger partial charge < -0.3 is 9.64 Å². The molecule has 6 heteroatoms. The van der Waals surface area contributed by atoms with Gasteiger partial charge in [0, 0.05) is 18.9 Å². The van der Waals surface area contributed by atoms with Crippen LogP contribution in [0.1, 0.15) is 19.3 Å². The molecule has 1 aliphatic heterocycles. The Balaban J connectivity index is 1.50. The van der Waals surface area contributed by atoms with E-state index in [-0.39, 0.29) is 30.7 Å². The number of carbonyl (C=O) groups excluding carboxylic acids is 1. The topological polar surface area (TPSA) is 47.4 Å². The van der Waals surface area contributed by atoms with Gasteiger partial charge in [-0.3, -0.25) is 9.48 Å². The minimum Gasteiger partial charge on any atom is -0.490 e. The molecule has 3 rings (SSSR count). The molecule has 1 saturated heterocycles. The summed E-state index contributed by atoms with van der Waals surface area (Å²) in [6, 6.07) is 8.28. The number of aromatic nitrogens is 2. The summed E-state index contributed by atoms with van der Waals surface area (Å²) < 4.78 is 20.7. The quantitative estimate of drug-likeness (QED) is 0.822. The van der Waals surface area contributed by atoms with E-state index >= 15 is 0 Å². The predicted octanol–water partition coefficient (Wildman–Crippen LogP) is 2.48. The Labute approximate surface area is 134 Å². The second-order valence-electron chi connectivity index (χ2n) is 5.64. The first-order valence-electron chi connectivity index (χ1n) is 7.88. The van der Waals surface area contributed by atoms with Crippen LogP contribution in [-0.2, 0) is 11.3 Å². The summed E-state index contributed by atoms with van der Waals surface area (Å²) in [5, 5.41) is 4.20. The average molecular weight is 317 g/mol. The molecule has 5 nitrogen and oxygen atoms in total. The lowest BCUT2D eigenvalue weighted by atomic mass is 10.2. The van der Waals surface area contributed by atoms with Crippen LogP contribution in [0.2, 0.25) is 0 Å². The van der Waals surface area contributed by atoms with Crippen LogP contribution in [0.4, 0.5) is 4.39 Å². The molecule has 1 fully saturated rings. The Morgan fingerprint density at radius 1 is 1.35 bits per heavy atom. The van der Waals surface area contributed by atoms with Crippen molar-refractivity contribution < 1.29 is 13.9 Å². The van der Waals surface area contributed by atoms with E-state index in [1.807, 2.05) is 21.8 Å². The Morgan fingerprint density at radius 3 is 3.00 bits per heavy atom. The van der Waals surface area contributed by atoms with E-state index in [0.29, 0.717) is 6.54 Å². The summed E-state index contributed by atoms with van der Waals surface area (Å²) in [6.07, 6.45) is 5.89. The summed E-state index contributed by atoms with van der Waals surface area (Å²) in [5.41, 5.74) is 0. The van der Waals surface area contributed by atoms with Crippen molar-refractivity contribution in [1.82, 2.24) is 14.7 Å². The Hall–Kier alpha value is -2.37. The summed E-state index contributed by atoms with van der Waals surface area (Å²) >= 11 is 0. The number of para-hydroxylation sites is 1. The van der Waals surface area contributed by atoms with Crippen molar-refractivity contribution in [3.63, 3.8) is 0 Å². The van der Waals surface area contributed by atoms with E-state index in [1.165, 1.54) is 6.07 Å². The SMILES string of the molecule is O=C(CCOc1ccccc1F)N1CCC[C@H]1Cn1cccn1. The van der Waals surface area contributed by atoms with E-state index < -0.39 is 5.82 Å². The minimum atomic E-state index is -0.405. The summed E-state index contributed by atoms with van der Waals surface area (Å²) in [6.45, 7) is 1.67. The highest BCUT2D eigenvalue weighted by molar-refractivity contribution is 5.77. The van der Waals surface area contributed by atoms with Crippen LogP contribution in [0, 0.1) is 5.82 Å². The summed E-state index contributed by atoms with van der Waals surface area (Å²) in [7, 11) is 0. The molecule has 0 N–H and O–H groups in total. The maximum Gasteiger partial charge on any atom is 0.226 e. The van der Waals surface area contributed by atoms with Crippen LogP contribution >= 0.6 is 0 Å². The smallest absolute Gasteiger partial charge is 0.226 e. The molecule has 1 atom stereocenters. The molecule has 1 aromatic carbocycles. The highest BCUT2D eigenvalue weighted by atomic mass is 19.1. The number of hydrogen-bond acceptors (Lipinski definition) is 3. The Kier molecular flexibility index (Phi) is 4.90. The zero-order chi connectivity index (χ0) is 16.1. The molecule has 122 valence electrons. The van der Waals surface area contributed by atoms with Crippen molar-refractivity contribution in [2.45, 2.75) is 31.8 Å². The predicted molar refractivity (Wildman–Crippen MR) is 83.5 cm³/mol. The van der Waals surface area contributed by atoms with Gasteiger partial charge in [0.1, 0.15) is 0 Å². The van der Waals surface area contributed by atoms with E-state index in [0.717, 1.165) is 19.4 Å². The molecule has 1 amide bonds. The highest BCUT2D eigenvalue weighted by Crippen LogP contribution is 2.20. The van der Waals surface area contributed by atoms with Gasteiger partial charge in [-0.15, -0.1) is 0 Å². The van der Waals surface area contributed by atoms with Crippen LogP contribution in [-0.4, -0.2) is 39.8 Å². The second kappa shape index (κ2) is 7.26. The molecule has 23 heavy (non-hydrogen) atoms. The zero-order valence-electron chi connectivity index (χ0n) is 12.9. The van der Waals surface area contributed by atoms with Crippen LogP contribution in [0.15, 0.2) is 42.7 Å². The number of ether oxygens (including phenoxy) is 1. The van der Waals surface area contributed by atoms with Gasteiger partial charge >= 0.3 is 0 Å². The molecule has 0 spiro atoms. The number of hydrogen-bond donors (Lipinski definition) is 0. The Bertz CT molecular complexity index is 645. The lowest BCUT2D eigenvalue weighted by molar-refractivity contribution is -0.132. The van der Waals surface area contributed by atoms with Gasteiger partial charge in [0.25, 0.3) is 0 Å². The van der Waals surface area contributed by atoms with Crippen LogP contribution < -0.4 is 4.74 Å². The zero-order valence-corrected chi connectivity index (χ0v) is 12.9. The minimum absolute atomic E-state index is 0.0518. The second-order valence-corrected chi connectivity index (χ2v) is 5.64. The third-order valence-corrected chi connectivity index (χ3v) is 4.06. The molecule has 0 bridgehead atoms. The molecule has 0 saturated carbocycles. The van der Waals surface area contributed by atoms with Crippen molar-refractivity contribution in [3.05, 3.63) is 48.5 Å². The monoisotopic (exact) mass is 317 g/mol. The van der Waals surface area contributed by atoms with E-state index in [2.05, 4.69) is 5.10 Å². The van der Waals surface area contributed by atoms with Gasteiger partial charge in [0.15, 0.2) is 11.6 Å². The lowest BCUT2D eigenvalue weighted by Gasteiger charge is -2.24. The summed E-state index contributed by atoms with van der Waals surface area (Å²) in [5.74, 6) is -0.163. The van der Waals surface area contributed by atoms with Gasteiger partial charge in [-0.05, 0) is 31.0 Å². The molecule has 0 radical (unpaired) electrons. The first-order valence-corrected chi connectivity index (χ1v) is 7.88. The van der Waals surface area contributed by atoms with Gasteiger partial charge in [-0.1, -0.05) is 12.1 Å². The Morgan fingerprint density at radius 2 is 2.22 bits per heavy atom. The van der Waals surface area contributed by atoms with Crippen LogP contribution in [0.3, 0.4) is 0 Å². The number of amides is 1. The maximum atomic E-state index is 13.5. The van der Waals surface area contributed by atoms with Crippen molar-refractivity contribution >= 4 is 5.91 Å². The highest BCUT2D eigenvalue weighted by Gasteiger charge is 2.28. The number of carbonyl (C=O) groups is 1. The molecule has 2 heterocycles. The van der Waals surface area contributed by atoms with E-state index in [9.17, 15) is 9.18 Å². The molecule has 1 aliphatic rings. The van der Waals surface area contributed by atoms with E-state index in [1.54, 1.807) is 24.4 Å². The lowest BCUT2D eigenvalue weighted by Crippen LogP contribution is -2.38. The summed E-state index contributed by atoms with van der Waals surface area (Å²) in [4.78, 5) is 14.3. The van der Waals surface area contributed by atoms with Crippen LogP contribution in [0.5, 0.6) is 5.75 Å². The maximum absolute atomic E-state index is 13.5. The first kappa shape index (κ1) is 15.5. The fourth-order valence-corrected chi connectivity index (χ4v) is 2.93. The van der Waals surface area contributed by atoms with Gasteiger partial charge in [-0.25, -0.2) is 4.39 Å². The van der Waals surface area contributed by atoms with Gasteiger partial charge in [0.2, 0.25) is 5.91 Å². The molecular formula is C17H20FN3O2. The number of halogens is 1. The fourth-order valence-electron chi connectivity index (χ4n) is 2.93. The van der Waals surface area contributed by atoms with E-state index in [4.69, 9.17) is 4.74 Å². The van der Waals surface area contributed by atoms with Gasteiger partial charge in [0.05, 0.1) is 25.6 Å². The van der Waals surface area contributed by atoms with Crippen molar-refractivity contribution in [3.8, 4) is 5.75 Å². The molecule has 0 unspecified atom stereocenters. The number of rotatable bonds is 6. The van der Waals surface area contributed by atoms with Crippen LogP contribution in [0.25, 0.3) is 0 Å². The van der Waals surface area contributed by atoms with Gasteiger partial charge in [-0.2, -0.15) is 5.10 Å². The number of benzene rings is 1. The largest absolute Gasteiger partial charge is 0.490 e. The van der Waals surface area contributed by atoms with Crippen molar-refractivity contribution in [1.29, 1.82) is 0 Å². The first-order chi connectivity index (χ1) is 11.2. The standard InChI is InChI=1S/C17H20FN3O2/c18-15-6-1-2-7-16(15)23-12-8-17(22)21-11-3-5-14(21)13-20-10-4-9-19-20/h1-2,4,6-7,9-10,14H,3,5,8,11-13H2/t14-/m0/s1. The number of nitrogens with zero attached hydrogens (tertiary/aromatic N) is 3. The molecule has 0 aliphatic carbocycles. The molecule has 2 aromatic rings. The van der Waals surface area contributed by atoms with Crippen molar-refractivity contribution in [2.75, 3.05) is 13.2 Å². The molecular weight excluding hydrogens is 297 g/mol. The van der Waals surface area contributed by atoms with Crippen molar-refractivity contribution in [2.24, 2.45) is 0 Å². The third kappa shape index (κ3) is 3.88. The number of likely N-dealkylation sites (tertiary alicyclic amines) is 1. The average Bonchev–Trinajstić information content (AvgIpc) is 3.21. The normalized spacial score (nSPS) is 17.4. The molecule has 1 aromatic heterocycles. The third-order valence-electron chi connectivity index (χ3n) is 4.06. The fraction of sp³-hybridized carbons (Fsp3) is 0.412.